The van der Waals surface area contributed by atoms with Gasteiger partial charge in [-0.15, -0.1) is 0 Å². The van der Waals surface area contributed by atoms with Gasteiger partial charge in [0.05, 0.1) is 12.6 Å². The number of amides is 4. The number of hydrogen-bond donors (Lipinski definition) is 7. The number of aliphatic hydroxyl groups excluding tert-OH is 1. The third-order valence-corrected chi connectivity index (χ3v) is 4.47. The maximum Gasteiger partial charge on any atom is 0.325 e. The smallest absolute Gasteiger partial charge is 0.325 e. The van der Waals surface area contributed by atoms with E-state index in [-0.39, 0.29) is 19.3 Å². The Hall–Kier alpha value is -2.38. The van der Waals surface area contributed by atoms with E-state index in [0.717, 1.165) is 0 Å². The van der Waals surface area contributed by atoms with Crippen LogP contribution in [0.5, 0.6) is 0 Å². The molecule has 13 heteroatoms. The molecule has 0 rings (SSSR count). The number of carboxylic acid groups (broad SMARTS) is 1. The third kappa shape index (κ3) is 10.7. The molecule has 0 spiro atoms. The number of carbonyl (C=O) groups excluding carboxylic acids is 4. The molecule has 0 saturated heterocycles. The fraction of sp³-hybridized carbons (Fsp3) is 0.688. The van der Waals surface area contributed by atoms with E-state index >= 15 is 0 Å². The van der Waals surface area contributed by atoms with Crippen LogP contribution in [0.2, 0.25) is 0 Å². The van der Waals surface area contributed by atoms with Crippen molar-refractivity contribution in [1.29, 1.82) is 0 Å². The average Bonchev–Trinajstić information content (AvgIpc) is 2.66. The van der Waals surface area contributed by atoms with Crippen molar-refractivity contribution >= 4 is 41.4 Å². The van der Waals surface area contributed by atoms with Crippen LogP contribution in [-0.2, 0) is 24.0 Å². The molecule has 29 heavy (non-hydrogen) atoms. The number of nitrogens with two attached hydrogens (primary N) is 2. The van der Waals surface area contributed by atoms with Gasteiger partial charge in [-0.1, -0.05) is 0 Å². The summed E-state index contributed by atoms with van der Waals surface area (Å²) in [5, 5.41) is 25.2. The highest BCUT2D eigenvalue weighted by Gasteiger charge is 2.28. The van der Waals surface area contributed by atoms with Crippen LogP contribution in [0.3, 0.4) is 0 Å². The summed E-state index contributed by atoms with van der Waals surface area (Å²) in [4.78, 5) is 58.3. The predicted octanol–water partition coefficient (Wildman–Crippen LogP) is -3.12. The first-order chi connectivity index (χ1) is 13.5. The number of carbonyl (C=O) groups is 5. The monoisotopic (exact) mass is 435 g/mol. The molecule has 0 bridgehead atoms. The van der Waals surface area contributed by atoms with Crippen molar-refractivity contribution in [3.8, 4) is 0 Å². The van der Waals surface area contributed by atoms with Crippen molar-refractivity contribution in [2.45, 2.75) is 50.4 Å². The minimum Gasteiger partial charge on any atom is -0.480 e. The molecule has 4 atom stereocenters. The summed E-state index contributed by atoms with van der Waals surface area (Å²) in [5.74, 6) is -3.70. The molecule has 0 fully saturated rings. The van der Waals surface area contributed by atoms with E-state index < -0.39 is 60.4 Å². The van der Waals surface area contributed by atoms with Crippen LogP contribution < -0.4 is 27.4 Å². The number of carboxylic acids is 1. The van der Waals surface area contributed by atoms with Gasteiger partial charge in [0.25, 0.3) is 0 Å². The zero-order chi connectivity index (χ0) is 22.6. The Morgan fingerprint density at radius 2 is 1.52 bits per heavy atom. The van der Waals surface area contributed by atoms with Gasteiger partial charge in [0.15, 0.2) is 0 Å². The van der Waals surface area contributed by atoms with E-state index in [1.165, 1.54) is 18.7 Å². The Morgan fingerprint density at radius 3 is 2.00 bits per heavy atom. The molecule has 4 unspecified atom stereocenters. The van der Waals surface area contributed by atoms with Crippen LogP contribution in [0, 0.1) is 0 Å². The first kappa shape index (κ1) is 26.6. The highest BCUT2D eigenvalue weighted by atomic mass is 32.2. The molecule has 0 aliphatic heterocycles. The number of nitrogens with one attached hydrogen (secondary N) is 3. The molecule has 0 saturated carbocycles. The lowest BCUT2D eigenvalue weighted by Crippen LogP contribution is -2.58. The Bertz CT molecular complexity index is 604. The minimum atomic E-state index is -1.39. The van der Waals surface area contributed by atoms with Crippen LogP contribution in [0.25, 0.3) is 0 Å². The number of rotatable bonds is 14. The lowest BCUT2D eigenvalue weighted by Gasteiger charge is -2.23. The van der Waals surface area contributed by atoms with Crippen molar-refractivity contribution in [1.82, 2.24) is 16.0 Å². The van der Waals surface area contributed by atoms with Crippen LogP contribution in [-0.4, -0.2) is 82.6 Å². The normalized spacial score (nSPS) is 14.8. The number of hydrogen-bond acceptors (Lipinski definition) is 8. The van der Waals surface area contributed by atoms with Crippen LogP contribution >= 0.6 is 11.8 Å². The zero-order valence-electron chi connectivity index (χ0n) is 16.3. The van der Waals surface area contributed by atoms with Crippen LogP contribution in [0.4, 0.5) is 0 Å². The fourth-order valence-electron chi connectivity index (χ4n) is 2.05. The first-order valence-electron chi connectivity index (χ1n) is 8.81. The summed E-state index contributed by atoms with van der Waals surface area (Å²) in [6.45, 7) is 0.514. The van der Waals surface area contributed by atoms with Gasteiger partial charge >= 0.3 is 5.97 Å². The second-order valence-corrected chi connectivity index (χ2v) is 7.25. The Kier molecular flexibility index (Phi) is 12.6. The zero-order valence-corrected chi connectivity index (χ0v) is 17.2. The number of primary amides is 1. The molecule has 9 N–H and O–H groups in total. The molecule has 0 aliphatic carbocycles. The average molecular weight is 436 g/mol. The van der Waals surface area contributed by atoms with Crippen molar-refractivity contribution in [2.75, 3.05) is 18.6 Å². The van der Waals surface area contributed by atoms with E-state index in [9.17, 15) is 29.1 Å². The third-order valence-electron chi connectivity index (χ3n) is 3.83. The van der Waals surface area contributed by atoms with Gasteiger partial charge < -0.3 is 37.6 Å². The topological polar surface area (TPSA) is 214 Å². The quantitative estimate of drug-likeness (QED) is 0.147. The Balaban J connectivity index is 4.99. The van der Waals surface area contributed by atoms with Gasteiger partial charge in [0, 0.05) is 6.42 Å². The lowest BCUT2D eigenvalue weighted by molar-refractivity contribution is -0.141. The molecule has 4 amide bonds. The van der Waals surface area contributed by atoms with Gasteiger partial charge in [-0.05, 0) is 31.8 Å². The second-order valence-electron chi connectivity index (χ2n) is 6.27. The molecular weight excluding hydrogens is 406 g/mol. The molecule has 0 aromatic rings. The first-order valence-corrected chi connectivity index (χ1v) is 10.2. The fourth-order valence-corrected chi connectivity index (χ4v) is 2.53. The maximum atomic E-state index is 12.4. The molecular formula is C16H29N5O7S. The molecule has 0 aliphatic rings. The predicted molar refractivity (Wildman–Crippen MR) is 106 cm³/mol. The van der Waals surface area contributed by atoms with Crippen molar-refractivity contribution in [3.63, 3.8) is 0 Å². The van der Waals surface area contributed by atoms with Crippen molar-refractivity contribution in [3.05, 3.63) is 0 Å². The van der Waals surface area contributed by atoms with E-state index in [1.807, 2.05) is 0 Å². The lowest BCUT2D eigenvalue weighted by atomic mass is 10.1. The summed E-state index contributed by atoms with van der Waals surface area (Å²) in [7, 11) is 0. The maximum absolute atomic E-state index is 12.4. The second kappa shape index (κ2) is 13.7. The van der Waals surface area contributed by atoms with E-state index in [0.29, 0.717) is 5.75 Å². The summed E-state index contributed by atoms with van der Waals surface area (Å²) < 4.78 is 0. The van der Waals surface area contributed by atoms with E-state index in [2.05, 4.69) is 16.0 Å². The van der Waals surface area contributed by atoms with Crippen LogP contribution in [0.15, 0.2) is 0 Å². The Morgan fingerprint density at radius 1 is 0.966 bits per heavy atom. The van der Waals surface area contributed by atoms with E-state index in [4.69, 9.17) is 16.6 Å². The number of aliphatic carboxylic acids is 1. The molecule has 0 radical (unpaired) electrons. The number of thioether (sulfide) groups is 1. The highest BCUT2D eigenvalue weighted by Crippen LogP contribution is 2.03. The summed E-state index contributed by atoms with van der Waals surface area (Å²) in [6.07, 6.45) is 1.84. The summed E-state index contributed by atoms with van der Waals surface area (Å²) in [5.41, 5.74) is 10.6. The highest BCUT2D eigenvalue weighted by molar-refractivity contribution is 7.98. The van der Waals surface area contributed by atoms with Gasteiger partial charge in [-0.25, -0.2) is 0 Å². The summed E-state index contributed by atoms with van der Waals surface area (Å²) >= 11 is 1.42. The molecule has 0 aromatic heterocycles. The number of aliphatic hydroxyl groups is 1. The van der Waals surface area contributed by atoms with Crippen molar-refractivity contribution in [2.24, 2.45) is 11.5 Å². The van der Waals surface area contributed by atoms with E-state index in [1.54, 1.807) is 6.26 Å². The van der Waals surface area contributed by atoms with Gasteiger partial charge in [0.1, 0.15) is 18.1 Å². The molecule has 0 heterocycles. The summed E-state index contributed by atoms with van der Waals surface area (Å²) in [6, 6.07) is -4.72. The molecule has 166 valence electrons. The minimum absolute atomic E-state index is 0.0350. The molecule has 12 nitrogen and oxygen atoms in total. The molecule has 0 aromatic carbocycles. The van der Waals surface area contributed by atoms with Crippen molar-refractivity contribution < 1.29 is 34.2 Å². The standard InChI is InChI=1S/C16H29N5O7S/c1-8(16(27)28)19-14(25)10(5-6-29-2)20-15(26)11(7-22)21-13(24)9(17)3-4-12(18)23/h8-11,22H,3-7,17H2,1-2H3,(H2,18,23)(H,19,25)(H,20,26)(H,21,24)(H,27,28). The van der Waals surface area contributed by atoms with Crippen LogP contribution in [0.1, 0.15) is 26.2 Å². The Labute approximate surface area is 172 Å². The van der Waals surface area contributed by atoms with Gasteiger partial charge in [-0.2, -0.15) is 11.8 Å². The largest absolute Gasteiger partial charge is 0.480 e. The van der Waals surface area contributed by atoms with Gasteiger partial charge in [-0.3, -0.25) is 24.0 Å². The SMILES string of the molecule is CSCCC(NC(=O)C(CO)NC(=O)C(N)CCC(N)=O)C(=O)NC(C)C(=O)O. The van der Waals surface area contributed by atoms with Gasteiger partial charge in [0.2, 0.25) is 23.6 Å².